The molecule has 0 saturated carbocycles. The number of morpholine rings is 1. The van der Waals surface area contributed by atoms with Crippen LogP contribution in [0.4, 0.5) is 5.82 Å². The number of nitriles is 1. The van der Waals surface area contributed by atoms with Gasteiger partial charge in [0, 0.05) is 19.2 Å². The number of hydrogen-bond donors (Lipinski definition) is 0. The van der Waals surface area contributed by atoms with Crippen molar-refractivity contribution in [2.75, 3.05) is 31.2 Å². The minimum absolute atomic E-state index is 0.178. The summed E-state index contributed by atoms with van der Waals surface area (Å²) >= 11 is 5.89. The second-order valence-corrected chi connectivity index (χ2v) is 3.79. The van der Waals surface area contributed by atoms with Crippen molar-refractivity contribution in [1.29, 1.82) is 5.26 Å². The van der Waals surface area contributed by atoms with Crippen molar-refractivity contribution in [1.82, 2.24) is 9.97 Å². The highest BCUT2D eigenvalue weighted by molar-refractivity contribution is 6.29. The number of rotatable bonds is 2. The van der Waals surface area contributed by atoms with Crippen molar-refractivity contribution in [3.63, 3.8) is 0 Å². The Bertz CT molecular complexity index is 412. The molecule has 0 amide bonds. The van der Waals surface area contributed by atoms with Gasteiger partial charge in [0.1, 0.15) is 16.8 Å². The Kier molecular flexibility index (Phi) is 3.54. The molecule has 0 bridgehead atoms. The average Bonchev–Trinajstić information content (AvgIpc) is 2.30. The maximum absolute atomic E-state index is 8.61. The molecule has 2 heterocycles. The number of anilines is 1. The second kappa shape index (κ2) is 5.10. The van der Waals surface area contributed by atoms with E-state index in [1.54, 1.807) is 6.07 Å². The molecule has 1 fully saturated rings. The fourth-order valence-corrected chi connectivity index (χ4v) is 1.75. The van der Waals surface area contributed by atoms with E-state index in [0.717, 1.165) is 18.9 Å². The van der Waals surface area contributed by atoms with Gasteiger partial charge in [-0.1, -0.05) is 11.6 Å². The highest BCUT2D eigenvalue weighted by atomic mass is 35.5. The Labute approximate surface area is 98.6 Å². The van der Waals surface area contributed by atoms with Crippen molar-refractivity contribution >= 4 is 17.4 Å². The smallest absolute Gasteiger partial charge is 0.146 e. The van der Waals surface area contributed by atoms with Crippen LogP contribution >= 0.6 is 11.6 Å². The monoisotopic (exact) mass is 238 g/mol. The maximum atomic E-state index is 8.61. The zero-order valence-electron chi connectivity index (χ0n) is 8.69. The number of aromatic nitrogens is 2. The molecule has 0 atom stereocenters. The second-order valence-electron chi connectivity index (χ2n) is 3.40. The van der Waals surface area contributed by atoms with E-state index in [1.807, 2.05) is 6.07 Å². The predicted molar refractivity (Wildman–Crippen MR) is 59.4 cm³/mol. The van der Waals surface area contributed by atoms with Gasteiger partial charge in [0.05, 0.1) is 25.7 Å². The molecular weight excluding hydrogens is 228 g/mol. The number of nitrogens with zero attached hydrogens (tertiary/aromatic N) is 4. The Morgan fingerprint density at radius 2 is 2.19 bits per heavy atom. The van der Waals surface area contributed by atoms with Crippen molar-refractivity contribution in [3.05, 3.63) is 17.0 Å². The normalized spacial score (nSPS) is 15.9. The molecule has 84 valence electrons. The van der Waals surface area contributed by atoms with Crippen LogP contribution in [0, 0.1) is 11.3 Å². The van der Waals surface area contributed by atoms with Gasteiger partial charge in [0.15, 0.2) is 0 Å². The maximum Gasteiger partial charge on any atom is 0.146 e. The summed E-state index contributed by atoms with van der Waals surface area (Å²) in [5.41, 5.74) is 0. The summed E-state index contributed by atoms with van der Waals surface area (Å²) in [6.45, 7) is 2.96. The van der Waals surface area contributed by atoms with Gasteiger partial charge in [-0.2, -0.15) is 5.26 Å². The Hall–Kier alpha value is -1.38. The largest absolute Gasteiger partial charge is 0.378 e. The third-order valence-electron chi connectivity index (χ3n) is 2.30. The van der Waals surface area contributed by atoms with Crippen molar-refractivity contribution in [2.24, 2.45) is 0 Å². The van der Waals surface area contributed by atoms with Crippen LogP contribution < -0.4 is 4.90 Å². The van der Waals surface area contributed by atoms with E-state index >= 15 is 0 Å². The van der Waals surface area contributed by atoms with Crippen LogP contribution in [0.2, 0.25) is 5.15 Å². The van der Waals surface area contributed by atoms with E-state index in [4.69, 9.17) is 21.6 Å². The van der Waals surface area contributed by atoms with Gasteiger partial charge < -0.3 is 9.64 Å². The summed E-state index contributed by atoms with van der Waals surface area (Å²) in [5, 5.41) is 8.98. The molecule has 1 aliphatic rings. The summed E-state index contributed by atoms with van der Waals surface area (Å²) in [5.74, 6) is 1.24. The molecule has 0 aliphatic carbocycles. The standard InChI is InChI=1S/C10H11ClN4O/c11-8-7-10(14-9(13-8)1-2-12)15-3-5-16-6-4-15/h7H,1,3-6H2. The first kappa shape index (κ1) is 11.1. The Balaban J connectivity index is 2.22. The fraction of sp³-hybridized carbons (Fsp3) is 0.500. The lowest BCUT2D eigenvalue weighted by atomic mass is 10.4. The van der Waals surface area contributed by atoms with Gasteiger partial charge in [-0.25, -0.2) is 9.97 Å². The number of ether oxygens (including phenoxy) is 1. The highest BCUT2D eigenvalue weighted by Gasteiger charge is 2.14. The van der Waals surface area contributed by atoms with Gasteiger partial charge in [0.25, 0.3) is 0 Å². The lowest BCUT2D eigenvalue weighted by Crippen LogP contribution is -2.36. The molecule has 1 saturated heterocycles. The summed E-state index contributed by atoms with van der Waals surface area (Å²) in [4.78, 5) is 10.4. The van der Waals surface area contributed by atoms with Crippen LogP contribution in [0.3, 0.4) is 0 Å². The van der Waals surface area contributed by atoms with E-state index in [-0.39, 0.29) is 6.42 Å². The van der Waals surface area contributed by atoms with E-state index in [2.05, 4.69) is 14.9 Å². The predicted octanol–water partition coefficient (Wildman–Crippen LogP) is 1.03. The SMILES string of the molecule is N#CCc1nc(Cl)cc(N2CCOCC2)n1. The minimum Gasteiger partial charge on any atom is -0.378 e. The first-order valence-corrected chi connectivity index (χ1v) is 5.40. The molecule has 0 spiro atoms. The van der Waals surface area contributed by atoms with E-state index < -0.39 is 0 Å². The van der Waals surface area contributed by atoms with Gasteiger partial charge in [-0.05, 0) is 0 Å². The van der Waals surface area contributed by atoms with E-state index in [1.165, 1.54) is 0 Å². The molecule has 6 heteroatoms. The number of halogens is 1. The molecule has 1 aromatic heterocycles. The summed E-state index contributed by atoms with van der Waals surface area (Å²) in [6.07, 6.45) is 0.178. The summed E-state index contributed by atoms with van der Waals surface area (Å²) in [7, 11) is 0. The van der Waals surface area contributed by atoms with Crippen LogP contribution in [0.15, 0.2) is 6.07 Å². The van der Waals surface area contributed by atoms with E-state index in [0.29, 0.717) is 24.2 Å². The van der Waals surface area contributed by atoms with Crippen LogP contribution in [0.1, 0.15) is 5.82 Å². The molecule has 0 aromatic carbocycles. The topological polar surface area (TPSA) is 62.0 Å². The molecule has 2 rings (SSSR count). The van der Waals surface area contributed by atoms with Crippen LogP contribution in [0.5, 0.6) is 0 Å². The first-order valence-electron chi connectivity index (χ1n) is 5.02. The van der Waals surface area contributed by atoms with Crippen LogP contribution in [0.25, 0.3) is 0 Å². The van der Waals surface area contributed by atoms with Gasteiger partial charge >= 0.3 is 0 Å². The third-order valence-corrected chi connectivity index (χ3v) is 2.49. The van der Waals surface area contributed by atoms with Gasteiger partial charge in [-0.3, -0.25) is 0 Å². The van der Waals surface area contributed by atoms with Gasteiger partial charge in [0.2, 0.25) is 0 Å². The molecule has 16 heavy (non-hydrogen) atoms. The molecule has 1 aliphatic heterocycles. The minimum atomic E-state index is 0.178. The van der Waals surface area contributed by atoms with Crippen LogP contribution in [-0.4, -0.2) is 36.3 Å². The zero-order chi connectivity index (χ0) is 11.4. The van der Waals surface area contributed by atoms with Gasteiger partial charge in [-0.15, -0.1) is 0 Å². The Morgan fingerprint density at radius 3 is 2.88 bits per heavy atom. The molecule has 0 unspecified atom stereocenters. The van der Waals surface area contributed by atoms with Crippen molar-refractivity contribution in [2.45, 2.75) is 6.42 Å². The average molecular weight is 239 g/mol. The highest BCUT2D eigenvalue weighted by Crippen LogP contribution is 2.17. The number of hydrogen-bond acceptors (Lipinski definition) is 5. The van der Waals surface area contributed by atoms with Crippen LogP contribution in [-0.2, 0) is 11.2 Å². The fourth-order valence-electron chi connectivity index (χ4n) is 1.56. The Morgan fingerprint density at radius 1 is 1.44 bits per heavy atom. The third kappa shape index (κ3) is 2.60. The van der Waals surface area contributed by atoms with Crippen molar-refractivity contribution in [3.8, 4) is 6.07 Å². The molecule has 5 nitrogen and oxygen atoms in total. The lowest BCUT2D eigenvalue weighted by Gasteiger charge is -2.27. The first-order chi connectivity index (χ1) is 7.79. The molecule has 0 N–H and O–H groups in total. The zero-order valence-corrected chi connectivity index (χ0v) is 9.44. The quantitative estimate of drug-likeness (QED) is 0.721. The lowest BCUT2D eigenvalue weighted by molar-refractivity contribution is 0.122. The summed E-state index contributed by atoms with van der Waals surface area (Å²) < 4.78 is 5.26. The molecule has 0 radical (unpaired) electrons. The molecule has 1 aromatic rings. The van der Waals surface area contributed by atoms with E-state index in [9.17, 15) is 0 Å². The molecular formula is C10H11ClN4O. The summed E-state index contributed by atoms with van der Waals surface area (Å²) in [6, 6.07) is 3.73. The van der Waals surface area contributed by atoms with Crippen molar-refractivity contribution < 1.29 is 4.74 Å².